The molecular formula is C17H22N2O4. The number of esters is 1. The Bertz CT molecular complexity index is 592. The number of nitrogens with zero attached hydrogens (tertiary/aromatic N) is 1. The molecule has 4 saturated carbocycles. The van der Waals surface area contributed by atoms with E-state index in [1.54, 1.807) is 6.07 Å². The first kappa shape index (κ1) is 16.1. The zero-order valence-corrected chi connectivity index (χ0v) is 13.3. The van der Waals surface area contributed by atoms with Gasteiger partial charge in [-0.15, -0.1) is 0 Å². The summed E-state index contributed by atoms with van der Waals surface area (Å²) in [6.45, 7) is 0.922. The molecule has 4 aliphatic carbocycles. The highest BCUT2D eigenvalue weighted by molar-refractivity contribution is 6.06. The van der Waals surface area contributed by atoms with Crippen molar-refractivity contribution in [3.63, 3.8) is 0 Å². The normalized spacial score (nSPS) is 38.7. The summed E-state index contributed by atoms with van der Waals surface area (Å²) in [6.07, 6.45) is 4.47. The summed E-state index contributed by atoms with van der Waals surface area (Å²) in [5, 5.41) is 27.0. The summed E-state index contributed by atoms with van der Waals surface area (Å²) in [7, 11) is 0. The van der Waals surface area contributed by atoms with Gasteiger partial charge < -0.3 is 15.3 Å². The molecule has 23 heavy (non-hydrogen) atoms. The van der Waals surface area contributed by atoms with Crippen molar-refractivity contribution in [2.75, 3.05) is 6.61 Å². The van der Waals surface area contributed by atoms with E-state index in [-0.39, 0.29) is 5.71 Å². The Labute approximate surface area is 135 Å². The maximum absolute atomic E-state index is 12.6. The quantitative estimate of drug-likeness (QED) is 0.591. The van der Waals surface area contributed by atoms with Crippen molar-refractivity contribution in [3.8, 4) is 6.07 Å². The average molecular weight is 318 g/mol. The van der Waals surface area contributed by atoms with Crippen LogP contribution in [0.1, 0.15) is 45.4 Å². The summed E-state index contributed by atoms with van der Waals surface area (Å²) >= 11 is 0. The third-order valence-electron chi connectivity index (χ3n) is 5.69. The number of Topliss-reactive ketones (excluding diaryl/α,β-unsaturated/α-hetero) is 1. The highest BCUT2D eigenvalue weighted by Crippen LogP contribution is 2.61. The summed E-state index contributed by atoms with van der Waals surface area (Å²) in [5.74, 6) is -1.40. The third-order valence-corrected chi connectivity index (χ3v) is 5.69. The SMILES string of the molecule is CC(=N)C(C#N)C(=O)COC(=O)C12C[C@@H]3C[C@H](CC(O)(C3)C1)C2. The highest BCUT2D eigenvalue weighted by Gasteiger charge is 2.60. The van der Waals surface area contributed by atoms with Gasteiger partial charge in [-0.1, -0.05) is 0 Å². The van der Waals surface area contributed by atoms with Crippen molar-refractivity contribution in [1.82, 2.24) is 0 Å². The van der Waals surface area contributed by atoms with Crippen LogP contribution in [0.3, 0.4) is 0 Å². The minimum atomic E-state index is -1.15. The van der Waals surface area contributed by atoms with Gasteiger partial charge in [0.2, 0.25) is 0 Å². The highest BCUT2D eigenvalue weighted by atomic mass is 16.5. The van der Waals surface area contributed by atoms with Crippen LogP contribution in [-0.4, -0.2) is 34.8 Å². The number of aliphatic hydroxyl groups is 1. The number of carbonyl (C=O) groups excluding carboxylic acids is 2. The minimum absolute atomic E-state index is 0.0438. The molecule has 4 rings (SSSR count). The number of hydrogen-bond acceptors (Lipinski definition) is 6. The Balaban J connectivity index is 1.66. The Kier molecular flexibility index (Phi) is 3.80. The van der Waals surface area contributed by atoms with Crippen molar-refractivity contribution in [1.29, 1.82) is 10.7 Å². The minimum Gasteiger partial charge on any atom is -0.457 e. The predicted octanol–water partition coefficient (Wildman–Crippen LogP) is 1.61. The van der Waals surface area contributed by atoms with E-state index in [1.807, 2.05) is 0 Å². The van der Waals surface area contributed by atoms with Gasteiger partial charge in [0.05, 0.1) is 17.1 Å². The zero-order valence-electron chi connectivity index (χ0n) is 13.3. The van der Waals surface area contributed by atoms with Crippen LogP contribution in [0.15, 0.2) is 0 Å². The summed E-state index contributed by atoms with van der Waals surface area (Å²) in [4.78, 5) is 24.5. The fourth-order valence-corrected chi connectivity index (χ4v) is 5.24. The van der Waals surface area contributed by atoms with Crippen molar-refractivity contribution < 1.29 is 19.4 Å². The fraction of sp³-hybridized carbons (Fsp3) is 0.765. The maximum atomic E-state index is 12.6. The van der Waals surface area contributed by atoms with Gasteiger partial charge >= 0.3 is 5.97 Å². The van der Waals surface area contributed by atoms with E-state index >= 15 is 0 Å². The molecule has 6 nitrogen and oxygen atoms in total. The molecule has 0 radical (unpaired) electrons. The van der Waals surface area contributed by atoms with E-state index < -0.39 is 35.3 Å². The summed E-state index contributed by atoms with van der Waals surface area (Å²) in [5.41, 5.74) is -1.47. The lowest BCUT2D eigenvalue weighted by atomic mass is 9.48. The topological polar surface area (TPSA) is 111 Å². The number of nitrogens with one attached hydrogen (secondary N) is 1. The van der Waals surface area contributed by atoms with Crippen LogP contribution in [0.25, 0.3) is 0 Å². The van der Waals surface area contributed by atoms with E-state index in [0.717, 1.165) is 32.1 Å². The second kappa shape index (κ2) is 5.41. The molecule has 0 aromatic carbocycles. The smallest absolute Gasteiger partial charge is 0.312 e. The van der Waals surface area contributed by atoms with Gasteiger partial charge in [-0.05, 0) is 57.3 Å². The Morgan fingerprint density at radius 2 is 1.96 bits per heavy atom. The first-order chi connectivity index (χ1) is 10.8. The van der Waals surface area contributed by atoms with E-state index in [4.69, 9.17) is 15.4 Å². The second-order valence-electron chi connectivity index (χ2n) is 7.75. The second-order valence-corrected chi connectivity index (χ2v) is 7.75. The van der Waals surface area contributed by atoms with Gasteiger partial charge in [-0.3, -0.25) is 9.59 Å². The van der Waals surface area contributed by atoms with E-state index in [1.165, 1.54) is 6.92 Å². The third kappa shape index (κ3) is 2.78. The molecule has 3 atom stereocenters. The summed E-state index contributed by atoms with van der Waals surface area (Å²) < 4.78 is 5.22. The number of ether oxygens (including phenoxy) is 1. The van der Waals surface area contributed by atoms with Gasteiger partial charge in [0.15, 0.2) is 12.4 Å². The molecule has 0 heterocycles. The fourth-order valence-electron chi connectivity index (χ4n) is 5.24. The lowest BCUT2D eigenvalue weighted by molar-refractivity contribution is -0.196. The molecule has 6 heteroatoms. The molecule has 4 aliphatic rings. The van der Waals surface area contributed by atoms with Crippen molar-refractivity contribution in [2.45, 2.75) is 51.0 Å². The molecule has 0 aromatic rings. The largest absolute Gasteiger partial charge is 0.457 e. The van der Waals surface area contributed by atoms with Crippen molar-refractivity contribution in [3.05, 3.63) is 0 Å². The molecule has 0 spiro atoms. The van der Waals surface area contributed by atoms with Crippen LogP contribution in [0.5, 0.6) is 0 Å². The van der Waals surface area contributed by atoms with Crippen LogP contribution in [0.4, 0.5) is 0 Å². The molecule has 4 bridgehead atoms. The van der Waals surface area contributed by atoms with E-state index in [9.17, 15) is 14.7 Å². The van der Waals surface area contributed by atoms with E-state index in [0.29, 0.717) is 18.3 Å². The summed E-state index contributed by atoms with van der Waals surface area (Å²) in [6, 6.07) is 1.76. The van der Waals surface area contributed by atoms with Crippen LogP contribution in [0, 0.1) is 39.9 Å². The van der Waals surface area contributed by atoms with Crippen LogP contribution < -0.4 is 0 Å². The Morgan fingerprint density at radius 3 is 2.43 bits per heavy atom. The monoisotopic (exact) mass is 318 g/mol. The van der Waals surface area contributed by atoms with Crippen molar-refractivity contribution >= 4 is 17.5 Å². The molecule has 0 aromatic heterocycles. The predicted molar refractivity (Wildman–Crippen MR) is 80.5 cm³/mol. The van der Waals surface area contributed by atoms with Gasteiger partial charge in [0, 0.05) is 5.71 Å². The van der Waals surface area contributed by atoms with Crippen LogP contribution in [-0.2, 0) is 14.3 Å². The average Bonchev–Trinajstić information content (AvgIpc) is 2.42. The standard InChI is InChI=1S/C17H22N2O4/c1-10(19)13(7-18)14(20)8-23-15(21)16-3-11-2-12(4-16)6-17(22,5-11)9-16/h11-13,19,22H,2-6,8-9H2,1H3/t11-,12-,13?,16?,17?/m0/s1. The molecule has 2 N–H and O–H groups in total. The van der Waals surface area contributed by atoms with Gasteiger partial charge in [-0.25, -0.2) is 0 Å². The van der Waals surface area contributed by atoms with Crippen LogP contribution >= 0.6 is 0 Å². The lowest BCUT2D eigenvalue weighted by Crippen LogP contribution is -2.58. The number of carbonyl (C=O) groups is 2. The molecule has 0 amide bonds. The van der Waals surface area contributed by atoms with Gasteiger partial charge in [0.1, 0.15) is 5.92 Å². The molecule has 4 fully saturated rings. The first-order valence-electron chi connectivity index (χ1n) is 8.14. The number of hydrogen-bond donors (Lipinski definition) is 2. The van der Waals surface area contributed by atoms with Gasteiger partial charge in [0.25, 0.3) is 0 Å². The molecule has 0 aliphatic heterocycles. The lowest BCUT2D eigenvalue weighted by Gasteiger charge is -2.58. The molecule has 0 saturated heterocycles. The number of rotatable bonds is 5. The Morgan fingerprint density at radius 1 is 1.35 bits per heavy atom. The molecule has 1 unspecified atom stereocenters. The molecular weight excluding hydrogens is 296 g/mol. The van der Waals surface area contributed by atoms with E-state index in [2.05, 4.69) is 0 Å². The number of nitriles is 1. The van der Waals surface area contributed by atoms with Crippen LogP contribution in [0.2, 0.25) is 0 Å². The maximum Gasteiger partial charge on any atom is 0.312 e. The van der Waals surface area contributed by atoms with Gasteiger partial charge in [-0.2, -0.15) is 5.26 Å². The first-order valence-corrected chi connectivity index (χ1v) is 8.14. The Hall–Kier alpha value is -1.74. The zero-order chi connectivity index (χ0) is 16.8. The molecule has 124 valence electrons. The number of ketones is 1. The van der Waals surface area contributed by atoms with Crippen molar-refractivity contribution in [2.24, 2.45) is 23.2 Å².